The molecule has 0 aromatic heterocycles. The quantitative estimate of drug-likeness (QED) is 0.926. The minimum Gasteiger partial charge on any atom is -0.354 e. The maximum absolute atomic E-state index is 11.1. The van der Waals surface area contributed by atoms with Gasteiger partial charge in [0.15, 0.2) is 0 Å². The van der Waals surface area contributed by atoms with Crippen LogP contribution in [0.25, 0.3) is 0 Å². The van der Waals surface area contributed by atoms with E-state index in [1.165, 1.54) is 30.4 Å². The van der Waals surface area contributed by atoms with Gasteiger partial charge in [0.1, 0.15) is 0 Å². The van der Waals surface area contributed by atoms with Crippen LogP contribution in [0.2, 0.25) is 0 Å². The van der Waals surface area contributed by atoms with Crippen molar-refractivity contribution in [3.63, 3.8) is 0 Å². The highest BCUT2D eigenvalue weighted by Crippen LogP contribution is 2.28. The first kappa shape index (κ1) is 17.0. The maximum Gasteiger partial charge on any atom is 0.217 e. The Hall–Kier alpha value is -1.86. The van der Waals surface area contributed by atoms with Crippen LogP contribution in [0, 0.1) is 17.2 Å². The molecule has 3 rings (SSSR count). The fourth-order valence-corrected chi connectivity index (χ4v) is 4.12. The Morgan fingerprint density at radius 1 is 1.29 bits per heavy atom. The number of carbonyl (C=O) groups is 1. The average molecular weight is 325 g/mol. The van der Waals surface area contributed by atoms with E-state index in [0.717, 1.165) is 50.4 Å². The molecule has 24 heavy (non-hydrogen) atoms. The Morgan fingerprint density at radius 2 is 2.08 bits per heavy atom. The summed E-state index contributed by atoms with van der Waals surface area (Å²) >= 11 is 0. The van der Waals surface area contributed by atoms with Gasteiger partial charge in [-0.3, -0.25) is 9.69 Å². The number of amides is 1. The molecule has 1 aromatic rings. The van der Waals surface area contributed by atoms with Crippen molar-refractivity contribution in [3.8, 4) is 6.07 Å². The van der Waals surface area contributed by atoms with Gasteiger partial charge in [0.05, 0.1) is 11.6 Å². The van der Waals surface area contributed by atoms with Crippen LogP contribution >= 0.6 is 0 Å². The van der Waals surface area contributed by atoms with Crippen LogP contribution in [-0.4, -0.2) is 29.9 Å². The largest absolute Gasteiger partial charge is 0.354 e. The van der Waals surface area contributed by atoms with E-state index in [-0.39, 0.29) is 5.91 Å². The van der Waals surface area contributed by atoms with E-state index >= 15 is 0 Å². The van der Waals surface area contributed by atoms with Gasteiger partial charge >= 0.3 is 0 Å². The fourth-order valence-electron chi connectivity index (χ4n) is 4.12. The molecule has 1 heterocycles. The molecule has 1 aromatic carbocycles. The van der Waals surface area contributed by atoms with Gasteiger partial charge in [-0.05, 0) is 74.2 Å². The molecule has 0 spiro atoms. The Bertz CT molecular complexity index is 626. The number of nitrogens with zero attached hydrogens (tertiary/aromatic N) is 2. The van der Waals surface area contributed by atoms with E-state index in [1.54, 1.807) is 6.92 Å². The van der Waals surface area contributed by atoms with Gasteiger partial charge in [-0.25, -0.2) is 0 Å². The van der Waals surface area contributed by atoms with Gasteiger partial charge in [0, 0.05) is 26.1 Å². The second-order valence-corrected chi connectivity index (χ2v) is 7.33. The predicted octanol–water partition coefficient (Wildman–Crippen LogP) is 3.00. The van der Waals surface area contributed by atoms with Gasteiger partial charge in [-0.1, -0.05) is 6.07 Å². The number of benzene rings is 1. The summed E-state index contributed by atoms with van der Waals surface area (Å²) in [5, 5.41) is 12.1. The van der Waals surface area contributed by atoms with Crippen LogP contribution in [-0.2, 0) is 17.8 Å². The average Bonchev–Trinajstić information content (AvgIpc) is 2.60. The van der Waals surface area contributed by atoms with Crippen LogP contribution in [0.1, 0.15) is 55.7 Å². The van der Waals surface area contributed by atoms with Crippen molar-refractivity contribution < 1.29 is 4.79 Å². The number of hydrogen-bond donors (Lipinski definition) is 1. The standard InChI is InChI=1S/C20H27N3O/c1-15(24)22-20-6-3-16(4-7-20)8-10-23-11-9-18-5-2-17(13-21)12-19(18)14-23/h2,5,12,16,20H,3-4,6-11,14H2,1H3,(H,22,24). The summed E-state index contributed by atoms with van der Waals surface area (Å²) in [4.78, 5) is 13.7. The zero-order valence-corrected chi connectivity index (χ0v) is 14.6. The third-order valence-electron chi connectivity index (χ3n) is 5.53. The van der Waals surface area contributed by atoms with E-state index in [1.807, 2.05) is 6.07 Å². The second kappa shape index (κ2) is 7.81. The number of nitrogens with one attached hydrogen (secondary N) is 1. The third kappa shape index (κ3) is 4.36. The van der Waals surface area contributed by atoms with Crippen molar-refractivity contribution in [3.05, 3.63) is 34.9 Å². The monoisotopic (exact) mass is 325 g/mol. The summed E-state index contributed by atoms with van der Waals surface area (Å²) in [6.07, 6.45) is 7.05. The highest BCUT2D eigenvalue weighted by Gasteiger charge is 2.23. The zero-order valence-electron chi connectivity index (χ0n) is 14.6. The Morgan fingerprint density at radius 3 is 2.79 bits per heavy atom. The molecule has 4 heteroatoms. The van der Waals surface area contributed by atoms with Crippen LogP contribution in [0.3, 0.4) is 0 Å². The van der Waals surface area contributed by atoms with Gasteiger partial charge in [0.2, 0.25) is 5.91 Å². The molecular weight excluding hydrogens is 298 g/mol. The lowest BCUT2D eigenvalue weighted by atomic mass is 9.84. The summed E-state index contributed by atoms with van der Waals surface area (Å²) in [5.74, 6) is 0.893. The van der Waals surface area contributed by atoms with Crippen LogP contribution in [0.4, 0.5) is 0 Å². The topological polar surface area (TPSA) is 56.1 Å². The number of hydrogen-bond acceptors (Lipinski definition) is 3. The van der Waals surface area contributed by atoms with Crippen LogP contribution in [0.5, 0.6) is 0 Å². The summed E-state index contributed by atoms with van der Waals surface area (Å²) in [5.41, 5.74) is 3.50. The van der Waals surface area contributed by atoms with Crippen molar-refractivity contribution in [1.82, 2.24) is 10.2 Å². The smallest absolute Gasteiger partial charge is 0.217 e. The van der Waals surface area contributed by atoms with Crippen molar-refractivity contribution in [2.45, 2.75) is 58.0 Å². The highest BCUT2D eigenvalue weighted by atomic mass is 16.1. The lowest BCUT2D eigenvalue weighted by Crippen LogP contribution is -2.37. The van der Waals surface area contributed by atoms with E-state index in [4.69, 9.17) is 5.26 Å². The van der Waals surface area contributed by atoms with Gasteiger partial charge in [0.25, 0.3) is 0 Å². The van der Waals surface area contributed by atoms with Gasteiger partial charge < -0.3 is 5.32 Å². The van der Waals surface area contributed by atoms with Crippen molar-refractivity contribution in [2.24, 2.45) is 5.92 Å². The molecule has 128 valence electrons. The van der Waals surface area contributed by atoms with E-state index in [9.17, 15) is 4.79 Å². The predicted molar refractivity (Wildman–Crippen MR) is 94.3 cm³/mol. The Kier molecular flexibility index (Phi) is 5.52. The molecule has 1 amide bonds. The lowest BCUT2D eigenvalue weighted by Gasteiger charge is -2.32. The van der Waals surface area contributed by atoms with E-state index < -0.39 is 0 Å². The SMILES string of the molecule is CC(=O)NC1CCC(CCN2CCc3ccc(C#N)cc3C2)CC1. The number of carbonyl (C=O) groups excluding carboxylic acids is 1. The molecule has 0 saturated heterocycles. The molecule has 0 radical (unpaired) electrons. The molecule has 2 aliphatic rings. The number of fused-ring (bicyclic) bond motifs is 1. The van der Waals surface area contributed by atoms with Crippen molar-refractivity contribution in [2.75, 3.05) is 13.1 Å². The Balaban J connectivity index is 1.45. The minimum absolute atomic E-state index is 0.0992. The number of nitriles is 1. The molecule has 0 bridgehead atoms. The lowest BCUT2D eigenvalue weighted by molar-refractivity contribution is -0.119. The summed E-state index contributed by atoms with van der Waals surface area (Å²) in [7, 11) is 0. The molecule has 0 unspecified atom stereocenters. The third-order valence-corrected chi connectivity index (χ3v) is 5.53. The molecule has 1 fully saturated rings. The molecule has 0 atom stereocenters. The first-order valence-corrected chi connectivity index (χ1v) is 9.15. The summed E-state index contributed by atoms with van der Waals surface area (Å²) in [6, 6.07) is 8.75. The summed E-state index contributed by atoms with van der Waals surface area (Å²) < 4.78 is 0. The van der Waals surface area contributed by atoms with Crippen LogP contribution in [0.15, 0.2) is 18.2 Å². The minimum atomic E-state index is 0.0992. The fraction of sp³-hybridized carbons (Fsp3) is 0.600. The van der Waals surface area contributed by atoms with Crippen molar-refractivity contribution in [1.29, 1.82) is 5.26 Å². The van der Waals surface area contributed by atoms with E-state index in [2.05, 4.69) is 28.4 Å². The summed E-state index contributed by atoms with van der Waals surface area (Å²) in [6.45, 7) is 4.86. The maximum atomic E-state index is 11.1. The van der Waals surface area contributed by atoms with Gasteiger partial charge in [-0.2, -0.15) is 5.26 Å². The normalized spacial score (nSPS) is 24.0. The molecule has 1 saturated carbocycles. The van der Waals surface area contributed by atoms with Crippen molar-refractivity contribution >= 4 is 5.91 Å². The van der Waals surface area contributed by atoms with Gasteiger partial charge in [-0.15, -0.1) is 0 Å². The molecule has 4 nitrogen and oxygen atoms in total. The molecular formula is C20H27N3O. The van der Waals surface area contributed by atoms with Crippen LogP contribution < -0.4 is 5.32 Å². The number of rotatable bonds is 4. The highest BCUT2D eigenvalue weighted by molar-refractivity contribution is 5.73. The second-order valence-electron chi connectivity index (χ2n) is 7.33. The molecule has 1 aliphatic heterocycles. The first-order chi connectivity index (χ1) is 11.6. The molecule has 1 aliphatic carbocycles. The van der Waals surface area contributed by atoms with E-state index in [0.29, 0.717) is 6.04 Å². The first-order valence-electron chi connectivity index (χ1n) is 9.15. The molecule has 1 N–H and O–H groups in total. The Labute approximate surface area is 144 Å². The zero-order chi connectivity index (χ0) is 16.9.